The van der Waals surface area contributed by atoms with Gasteiger partial charge in [0.1, 0.15) is 11.6 Å². The number of rotatable bonds is 7. The van der Waals surface area contributed by atoms with Gasteiger partial charge in [-0.1, -0.05) is 50.8 Å². The molecule has 28 heavy (non-hydrogen) atoms. The molecule has 1 aliphatic rings. The summed E-state index contributed by atoms with van der Waals surface area (Å²) in [6.07, 6.45) is 6.42. The lowest BCUT2D eigenvalue weighted by Crippen LogP contribution is -2.42. The van der Waals surface area contributed by atoms with Crippen molar-refractivity contribution in [1.29, 1.82) is 0 Å². The standard InChI is InChI=1S/C24H30FNO2/c1-3-4-16-28-22-13-12-19(17-18(22)2)26-23(27)24(14-8-5-9-15-24)20-10-6-7-11-21(20)25/h6-7,10-13,17H,3-5,8-9,14-16H2,1-2H3,(H,26,27). The van der Waals surface area contributed by atoms with Gasteiger partial charge in [-0.2, -0.15) is 0 Å². The van der Waals surface area contributed by atoms with E-state index in [1.165, 1.54) is 6.07 Å². The van der Waals surface area contributed by atoms with Crippen LogP contribution in [0.2, 0.25) is 0 Å². The van der Waals surface area contributed by atoms with Crippen molar-refractivity contribution in [2.75, 3.05) is 11.9 Å². The minimum atomic E-state index is -0.798. The number of anilines is 1. The van der Waals surface area contributed by atoms with E-state index in [9.17, 15) is 9.18 Å². The molecule has 1 aliphatic carbocycles. The highest BCUT2D eigenvalue weighted by molar-refractivity contribution is 5.99. The van der Waals surface area contributed by atoms with Crippen molar-refractivity contribution >= 4 is 11.6 Å². The van der Waals surface area contributed by atoms with Crippen LogP contribution in [0.1, 0.15) is 63.0 Å². The van der Waals surface area contributed by atoms with Gasteiger partial charge in [0.05, 0.1) is 12.0 Å². The van der Waals surface area contributed by atoms with Crippen LogP contribution in [0.25, 0.3) is 0 Å². The van der Waals surface area contributed by atoms with Gasteiger partial charge in [-0.05, 0) is 56.0 Å². The molecule has 0 aromatic heterocycles. The third kappa shape index (κ3) is 4.37. The van der Waals surface area contributed by atoms with Crippen molar-refractivity contribution < 1.29 is 13.9 Å². The SMILES string of the molecule is CCCCOc1ccc(NC(=O)C2(c3ccccc3F)CCCCC2)cc1C. The summed E-state index contributed by atoms with van der Waals surface area (Å²) < 4.78 is 20.4. The normalized spacial score (nSPS) is 15.8. The van der Waals surface area contributed by atoms with Gasteiger partial charge in [0.2, 0.25) is 5.91 Å². The third-order valence-corrected chi connectivity index (χ3v) is 5.72. The summed E-state index contributed by atoms with van der Waals surface area (Å²) in [7, 11) is 0. The minimum Gasteiger partial charge on any atom is -0.493 e. The second kappa shape index (κ2) is 9.22. The number of hydrogen-bond donors (Lipinski definition) is 1. The van der Waals surface area contributed by atoms with E-state index in [1.807, 2.05) is 31.2 Å². The molecule has 150 valence electrons. The minimum absolute atomic E-state index is 0.114. The van der Waals surface area contributed by atoms with Crippen molar-refractivity contribution in [3.05, 3.63) is 59.4 Å². The molecule has 3 nitrogen and oxygen atoms in total. The number of aryl methyl sites for hydroxylation is 1. The highest BCUT2D eigenvalue weighted by atomic mass is 19.1. The number of halogens is 1. The van der Waals surface area contributed by atoms with Gasteiger partial charge in [-0.3, -0.25) is 4.79 Å². The van der Waals surface area contributed by atoms with E-state index in [0.717, 1.165) is 49.1 Å². The first-order valence-corrected chi connectivity index (χ1v) is 10.4. The predicted octanol–water partition coefficient (Wildman–Crippen LogP) is 6.15. The molecule has 4 heteroatoms. The van der Waals surface area contributed by atoms with Crippen LogP contribution in [0.3, 0.4) is 0 Å². The number of carbonyl (C=O) groups is 1. The fourth-order valence-electron chi connectivity index (χ4n) is 4.09. The molecule has 0 aliphatic heterocycles. The Morgan fingerprint density at radius 2 is 1.89 bits per heavy atom. The summed E-state index contributed by atoms with van der Waals surface area (Å²) in [6, 6.07) is 12.4. The van der Waals surface area contributed by atoms with Crippen molar-refractivity contribution in [3.63, 3.8) is 0 Å². The number of carbonyl (C=O) groups excluding carboxylic acids is 1. The number of amides is 1. The first-order chi connectivity index (χ1) is 13.6. The fraction of sp³-hybridized carbons (Fsp3) is 0.458. The molecule has 1 N–H and O–H groups in total. The average Bonchev–Trinajstić information content (AvgIpc) is 2.70. The Labute approximate surface area is 167 Å². The van der Waals surface area contributed by atoms with Gasteiger partial charge in [0.25, 0.3) is 0 Å². The van der Waals surface area contributed by atoms with E-state index >= 15 is 0 Å². The van der Waals surface area contributed by atoms with Gasteiger partial charge in [0, 0.05) is 11.3 Å². The molecule has 0 heterocycles. The highest BCUT2D eigenvalue weighted by Gasteiger charge is 2.42. The number of ether oxygens (including phenoxy) is 1. The Bertz CT molecular complexity index is 812. The molecule has 3 rings (SSSR count). The maximum atomic E-state index is 14.6. The number of benzene rings is 2. The van der Waals surface area contributed by atoms with Crippen molar-refractivity contribution in [3.8, 4) is 5.75 Å². The van der Waals surface area contributed by atoms with E-state index in [4.69, 9.17) is 4.74 Å². The molecule has 0 unspecified atom stereocenters. The summed E-state index contributed by atoms with van der Waals surface area (Å²) in [6.45, 7) is 4.80. The Morgan fingerprint density at radius 3 is 2.57 bits per heavy atom. The van der Waals surface area contributed by atoms with Crippen LogP contribution in [0.4, 0.5) is 10.1 Å². The molecular weight excluding hydrogens is 353 g/mol. The smallest absolute Gasteiger partial charge is 0.235 e. The van der Waals surface area contributed by atoms with Gasteiger partial charge < -0.3 is 10.1 Å². The fourth-order valence-corrected chi connectivity index (χ4v) is 4.09. The van der Waals surface area contributed by atoms with Crippen LogP contribution < -0.4 is 10.1 Å². The molecular formula is C24H30FNO2. The maximum Gasteiger partial charge on any atom is 0.235 e. The lowest BCUT2D eigenvalue weighted by atomic mass is 9.68. The Kier molecular flexibility index (Phi) is 6.71. The molecule has 0 saturated heterocycles. The molecule has 0 spiro atoms. The van der Waals surface area contributed by atoms with Gasteiger partial charge in [-0.15, -0.1) is 0 Å². The van der Waals surface area contributed by atoms with Gasteiger partial charge in [-0.25, -0.2) is 4.39 Å². The molecule has 0 atom stereocenters. The summed E-state index contributed by atoms with van der Waals surface area (Å²) in [5.74, 6) is 0.430. The average molecular weight is 384 g/mol. The quantitative estimate of drug-likeness (QED) is 0.582. The largest absolute Gasteiger partial charge is 0.493 e. The van der Waals surface area contributed by atoms with Crippen molar-refractivity contribution in [2.24, 2.45) is 0 Å². The second-order valence-electron chi connectivity index (χ2n) is 7.76. The maximum absolute atomic E-state index is 14.6. The summed E-state index contributed by atoms with van der Waals surface area (Å²) in [5.41, 5.74) is 1.43. The number of nitrogens with one attached hydrogen (secondary N) is 1. The lowest BCUT2D eigenvalue weighted by Gasteiger charge is -2.36. The Balaban J connectivity index is 1.81. The van der Waals surface area contributed by atoms with Crippen LogP contribution in [0.5, 0.6) is 5.75 Å². The van der Waals surface area contributed by atoms with E-state index < -0.39 is 5.41 Å². The van der Waals surface area contributed by atoms with E-state index in [0.29, 0.717) is 25.0 Å². The zero-order chi connectivity index (χ0) is 20.0. The summed E-state index contributed by atoms with van der Waals surface area (Å²) >= 11 is 0. The van der Waals surface area contributed by atoms with Crippen LogP contribution in [-0.4, -0.2) is 12.5 Å². The van der Waals surface area contributed by atoms with Crippen molar-refractivity contribution in [2.45, 2.75) is 64.2 Å². The molecule has 1 amide bonds. The molecule has 1 saturated carbocycles. The zero-order valence-corrected chi connectivity index (χ0v) is 16.9. The van der Waals surface area contributed by atoms with Crippen molar-refractivity contribution in [1.82, 2.24) is 0 Å². The predicted molar refractivity (Wildman–Crippen MR) is 111 cm³/mol. The molecule has 0 radical (unpaired) electrons. The monoisotopic (exact) mass is 383 g/mol. The first kappa shape index (κ1) is 20.4. The molecule has 2 aromatic rings. The molecule has 2 aromatic carbocycles. The Morgan fingerprint density at radius 1 is 1.14 bits per heavy atom. The summed E-state index contributed by atoms with van der Waals surface area (Å²) in [4.78, 5) is 13.3. The number of unbranched alkanes of at least 4 members (excludes halogenated alkanes) is 1. The van der Waals surface area contributed by atoms with Crippen LogP contribution in [-0.2, 0) is 10.2 Å². The lowest BCUT2D eigenvalue weighted by molar-refractivity contribution is -0.122. The highest BCUT2D eigenvalue weighted by Crippen LogP contribution is 2.41. The molecule has 1 fully saturated rings. The van der Waals surface area contributed by atoms with Crippen LogP contribution in [0, 0.1) is 12.7 Å². The van der Waals surface area contributed by atoms with E-state index in [1.54, 1.807) is 12.1 Å². The second-order valence-corrected chi connectivity index (χ2v) is 7.76. The van der Waals surface area contributed by atoms with Crippen LogP contribution >= 0.6 is 0 Å². The van der Waals surface area contributed by atoms with E-state index in [2.05, 4.69) is 12.2 Å². The molecule has 0 bridgehead atoms. The first-order valence-electron chi connectivity index (χ1n) is 10.4. The number of hydrogen-bond acceptors (Lipinski definition) is 2. The van der Waals surface area contributed by atoms with Crippen LogP contribution in [0.15, 0.2) is 42.5 Å². The summed E-state index contributed by atoms with van der Waals surface area (Å²) in [5, 5.41) is 3.05. The van der Waals surface area contributed by atoms with E-state index in [-0.39, 0.29) is 11.7 Å². The third-order valence-electron chi connectivity index (χ3n) is 5.72. The van der Waals surface area contributed by atoms with Gasteiger partial charge >= 0.3 is 0 Å². The Hall–Kier alpha value is -2.36. The topological polar surface area (TPSA) is 38.3 Å². The zero-order valence-electron chi connectivity index (χ0n) is 16.9. The van der Waals surface area contributed by atoms with Gasteiger partial charge in [0.15, 0.2) is 0 Å².